The molecule has 2 N–H and O–H groups in total. The number of phenolic OH excluding ortho intramolecular Hbond substituents is 1. The van der Waals surface area contributed by atoms with Crippen LogP contribution < -0.4 is 4.74 Å². The lowest BCUT2D eigenvalue weighted by Crippen LogP contribution is -2.27. The Morgan fingerprint density at radius 1 is 1.12 bits per heavy atom. The highest BCUT2D eigenvalue weighted by Crippen LogP contribution is 2.44. The molecule has 0 saturated carbocycles. The van der Waals surface area contributed by atoms with Gasteiger partial charge in [-0.05, 0) is 42.0 Å². The number of methoxy groups -OCH3 is 1. The molecule has 5 heteroatoms. The van der Waals surface area contributed by atoms with Gasteiger partial charge < -0.3 is 14.9 Å². The van der Waals surface area contributed by atoms with Crippen molar-refractivity contribution in [2.45, 2.75) is 25.9 Å². The van der Waals surface area contributed by atoms with Gasteiger partial charge in [-0.15, -0.1) is 0 Å². The number of phenols is 1. The Labute approximate surface area is 144 Å². The second-order valence-electron chi connectivity index (χ2n) is 6.82. The Kier molecular flexibility index (Phi) is 3.44. The zero-order valence-electron chi connectivity index (χ0n) is 14.0. The molecule has 2 atom stereocenters. The molecule has 4 rings (SSSR count). The number of carbonyl (C=O) groups excluding carboxylic acids is 2. The molecule has 0 heterocycles. The highest BCUT2D eigenvalue weighted by atomic mass is 16.5. The van der Waals surface area contributed by atoms with Gasteiger partial charge >= 0.3 is 0 Å². The lowest BCUT2D eigenvalue weighted by molar-refractivity contribution is 0.0960. The van der Waals surface area contributed by atoms with Gasteiger partial charge in [0.15, 0.2) is 5.78 Å². The molecule has 2 aliphatic carbocycles. The minimum atomic E-state index is -0.822. The van der Waals surface area contributed by atoms with Crippen LogP contribution in [0, 0.1) is 5.92 Å². The minimum absolute atomic E-state index is 0.0330. The first kappa shape index (κ1) is 15.8. The molecular weight excluding hydrogens is 320 g/mol. The van der Waals surface area contributed by atoms with E-state index in [9.17, 15) is 19.8 Å². The monoisotopic (exact) mass is 338 g/mol. The Morgan fingerprint density at radius 2 is 1.88 bits per heavy atom. The minimum Gasteiger partial charge on any atom is -0.507 e. The van der Waals surface area contributed by atoms with Gasteiger partial charge in [0.1, 0.15) is 11.5 Å². The first-order valence-corrected chi connectivity index (χ1v) is 8.27. The standard InChI is InChI=1S/C20H18O5/c1-9-6-10-8-13(22)17-18(15(10)12(21)7-9)19(23)11-4-3-5-14(25-2)16(11)20(17)24/h3-5,8-9,12,21-22H,6-7H2,1-2H3/t9-,12-/m0/s1. The first-order chi connectivity index (χ1) is 11.9. The second-order valence-corrected chi connectivity index (χ2v) is 6.82. The molecule has 0 aliphatic heterocycles. The fourth-order valence-corrected chi connectivity index (χ4v) is 4.10. The predicted octanol–water partition coefficient (Wildman–Crippen LogP) is 2.79. The molecule has 0 aromatic heterocycles. The third-order valence-corrected chi connectivity index (χ3v) is 5.13. The van der Waals surface area contributed by atoms with E-state index in [2.05, 4.69) is 0 Å². The SMILES string of the molecule is COc1cccc2c1C(=O)c1c(O)cc3c(c1C2=O)[C@@H](O)C[C@@H](C)C3. The normalized spacial score (nSPS) is 21.4. The molecule has 0 amide bonds. The number of aliphatic hydroxyl groups excluding tert-OH is 1. The van der Waals surface area contributed by atoms with Crippen LogP contribution in [0.2, 0.25) is 0 Å². The van der Waals surface area contributed by atoms with Gasteiger partial charge in [-0.3, -0.25) is 9.59 Å². The number of aliphatic hydroxyl groups is 1. The highest BCUT2D eigenvalue weighted by Gasteiger charge is 2.40. The third kappa shape index (κ3) is 2.12. The molecule has 25 heavy (non-hydrogen) atoms. The van der Waals surface area contributed by atoms with E-state index in [4.69, 9.17) is 4.74 Å². The Hall–Kier alpha value is -2.66. The van der Waals surface area contributed by atoms with Crippen LogP contribution in [0.3, 0.4) is 0 Å². The number of rotatable bonds is 1. The van der Waals surface area contributed by atoms with Crippen molar-refractivity contribution in [1.82, 2.24) is 0 Å². The van der Waals surface area contributed by atoms with Crippen LogP contribution in [0.25, 0.3) is 0 Å². The molecule has 0 unspecified atom stereocenters. The van der Waals surface area contributed by atoms with Crippen LogP contribution in [0.15, 0.2) is 24.3 Å². The molecule has 2 aliphatic rings. The van der Waals surface area contributed by atoms with E-state index < -0.39 is 11.9 Å². The maximum atomic E-state index is 13.1. The van der Waals surface area contributed by atoms with Crippen LogP contribution >= 0.6 is 0 Å². The number of hydrogen-bond donors (Lipinski definition) is 2. The molecule has 128 valence electrons. The van der Waals surface area contributed by atoms with Gasteiger partial charge in [0, 0.05) is 11.1 Å². The van der Waals surface area contributed by atoms with Gasteiger partial charge in [0.05, 0.1) is 24.3 Å². The number of carbonyl (C=O) groups is 2. The molecule has 0 fully saturated rings. The van der Waals surface area contributed by atoms with Crippen LogP contribution in [0.1, 0.15) is 62.4 Å². The zero-order valence-corrected chi connectivity index (χ0v) is 14.0. The zero-order chi connectivity index (χ0) is 17.9. The molecule has 0 radical (unpaired) electrons. The van der Waals surface area contributed by atoms with Crippen LogP contribution in [-0.2, 0) is 6.42 Å². The van der Waals surface area contributed by atoms with Crippen molar-refractivity contribution in [3.05, 3.63) is 57.6 Å². The van der Waals surface area contributed by atoms with Crippen molar-refractivity contribution in [2.75, 3.05) is 7.11 Å². The fourth-order valence-electron chi connectivity index (χ4n) is 4.10. The van der Waals surface area contributed by atoms with Gasteiger partial charge in [-0.2, -0.15) is 0 Å². The smallest absolute Gasteiger partial charge is 0.201 e. The topological polar surface area (TPSA) is 83.8 Å². The maximum Gasteiger partial charge on any atom is 0.201 e. The highest BCUT2D eigenvalue weighted by molar-refractivity contribution is 6.30. The summed E-state index contributed by atoms with van der Waals surface area (Å²) in [5.41, 5.74) is 1.73. The summed E-state index contributed by atoms with van der Waals surface area (Å²) in [6, 6.07) is 6.36. The number of ether oxygens (including phenoxy) is 1. The van der Waals surface area contributed by atoms with E-state index in [1.807, 2.05) is 6.92 Å². The third-order valence-electron chi connectivity index (χ3n) is 5.13. The molecule has 2 aromatic rings. The van der Waals surface area contributed by atoms with Crippen molar-refractivity contribution in [3.8, 4) is 11.5 Å². The van der Waals surface area contributed by atoms with E-state index in [0.717, 1.165) is 5.56 Å². The lowest BCUT2D eigenvalue weighted by atomic mass is 9.73. The Balaban J connectivity index is 2.05. The second kappa shape index (κ2) is 5.43. The summed E-state index contributed by atoms with van der Waals surface area (Å²) >= 11 is 0. The molecule has 0 spiro atoms. The van der Waals surface area contributed by atoms with Crippen LogP contribution in [0.5, 0.6) is 11.5 Å². The fraction of sp³-hybridized carbons (Fsp3) is 0.300. The van der Waals surface area contributed by atoms with Crippen molar-refractivity contribution in [1.29, 1.82) is 0 Å². The molecular formula is C20H18O5. The summed E-state index contributed by atoms with van der Waals surface area (Å²) in [5, 5.41) is 21.0. The summed E-state index contributed by atoms with van der Waals surface area (Å²) in [4.78, 5) is 26.2. The number of aromatic hydroxyl groups is 1. The van der Waals surface area contributed by atoms with Crippen molar-refractivity contribution in [2.24, 2.45) is 5.92 Å². The largest absolute Gasteiger partial charge is 0.507 e. The number of fused-ring (bicyclic) bond motifs is 4. The van der Waals surface area contributed by atoms with Crippen LogP contribution in [0.4, 0.5) is 0 Å². The predicted molar refractivity (Wildman–Crippen MR) is 90.4 cm³/mol. The lowest BCUT2D eigenvalue weighted by Gasteiger charge is -2.31. The summed E-state index contributed by atoms with van der Waals surface area (Å²) in [7, 11) is 1.43. The first-order valence-electron chi connectivity index (χ1n) is 8.27. The molecule has 0 bridgehead atoms. The summed E-state index contributed by atoms with van der Waals surface area (Å²) < 4.78 is 5.23. The Bertz CT molecular complexity index is 928. The number of hydrogen-bond acceptors (Lipinski definition) is 5. The van der Waals surface area contributed by atoms with Gasteiger partial charge in [-0.1, -0.05) is 19.1 Å². The number of benzene rings is 2. The van der Waals surface area contributed by atoms with E-state index in [0.29, 0.717) is 24.2 Å². The molecule has 0 saturated heterocycles. The molecule has 5 nitrogen and oxygen atoms in total. The van der Waals surface area contributed by atoms with E-state index in [-0.39, 0.29) is 39.7 Å². The maximum absolute atomic E-state index is 13.1. The van der Waals surface area contributed by atoms with Crippen LogP contribution in [-0.4, -0.2) is 28.9 Å². The van der Waals surface area contributed by atoms with Gasteiger partial charge in [0.25, 0.3) is 0 Å². The van der Waals surface area contributed by atoms with Gasteiger partial charge in [-0.25, -0.2) is 0 Å². The average Bonchev–Trinajstić information content (AvgIpc) is 2.57. The number of ketones is 2. The summed E-state index contributed by atoms with van der Waals surface area (Å²) in [5.74, 6) is -0.489. The average molecular weight is 338 g/mol. The van der Waals surface area contributed by atoms with E-state index in [1.165, 1.54) is 13.2 Å². The quantitative estimate of drug-likeness (QED) is 0.713. The Morgan fingerprint density at radius 3 is 2.60 bits per heavy atom. The summed E-state index contributed by atoms with van der Waals surface area (Å²) in [6.07, 6.45) is 0.355. The van der Waals surface area contributed by atoms with Crippen molar-refractivity contribution >= 4 is 11.6 Å². The summed E-state index contributed by atoms with van der Waals surface area (Å²) in [6.45, 7) is 2.01. The van der Waals surface area contributed by atoms with Gasteiger partial charge in [0.2, 0.25) is 5.78 Å². The van der Waals surface area contributed by atoms with Crippen molar-refractivity contribution in [3.63, 3.8) is 0 Å². The van der Waals surface area contributed by atoms with Crippen molar-refractivity contribution < 1.29 is 24.5 Å². The van der Waals surface area contributed by atoms with E-state index in [1.54, 1.807) is 18.2 Å². The van der Waals surface area contributed by atoms with E-state index >= 15 is 0 Å². The molecule has 2 aromatic carbocycles.